The Labute approximate surface area is 138 Å². The van der Waals surface area contributed by atoms with E-state index in [-0.39, 0.29) is 11.9 Å². The van der Waals surface area contributed by atoms with Gasteiger partial charge in [-0.05, 0) is 24.3 Å². The van der Waals surface area contributed by atoms with Gasteiger partial charge in [0.05, 0.1) is 0 Å². The predicted octanol–water partition coefficient (Wildman–Crippen LogP) is 0.836. The molecule has 124 valence electrons. The molecule has 5 N–H and O–H groups in total. The SMILES string of the molecule is Cn1ccc(Nc2ccc(C(=O)NCCc3nc(N)n[nH]3)cc2)n1. The number of aromatic amines is 1. The van der Waals surface area contributed by atoms with Crippen LogP contribution in [-0.2, 0) is 13.5 Å². The van der Waals surface area contributed by atoms with Gasteiger partial charge < -0.3 is 16.4 Å². The second-order valence-corrected chi connectivity index (χ2v) is 5.22. The molecule has 1 aromatic carbocycles. The van der Waals surface area contributed by atoms with Gasteiger partial charge in [-0.15, -0.1) is 5.10 Å². The average Bonchev–Trinajstić information content (AvgIpc) is 3.16. The maximum Gasteiger partial charge on any atom is 0.251 e. The predicted molar refractivity (Wildman–Crippen MR) is 89.8 cm³/mol. The van der Waals surface area contributed by atoms with Crippen molar-refractivity contribution in [1.29, 1.82) is 0 Å². The number of nitrogens with zero attached hydrogens (tertiary/aromatic N) is 4. The third-order valence-corrected chi connectivity index (χ3v) is 3.33. The number of amides is 1. The molecular formula is C15H18N8O. The van der Waals surface area contributed by atoms with Crippen molar-refractivity contribution in [1.82, 2.24) is 30.3 Å². The molecule has 0 aliphatic carbocycles. The van der Waals surface area contributed by atoms with E-state index in [0.29, 0.717) is 24.4 Å². The first kappa shape index (κ1) is 15.5. The van der Waals surface area contributed by atoms with Gasteiger partial charge in [0.2, 0.25) is 5.95 Å². The molecule has 0 fully saturated rings. The zero-order valence-electron chi connectivity index (χ0n) is 13.2. The van der Waals surface area contributed by atoms with E-state index < -0.39 is 0 Å². The van der Waals surface area contributed by atoms with Gasteiger partial charge in [0.25, 0.3) is 5.91 Å². The molecule has 3 aromatic rings. The average molecular weight is 326 g/mol. The summed E-state index contributed by atoms with van der Waals surface area (Å²) in [7, 11) is 1.85. The molecule has 0 atom stereocenters. The smallest absolute Gasteiger partial charge is 0.251 e. The summed E-state index contributed by atoms with van der Waals surface area (Å²) in [6.07, 6.45) is 2.39. The molecule has 0 saturated heterocycles. The summed E-state index contributed by atoms with van der Waals surface area (Å²) in [5.41, 5.74) is 6.86. The van der Waals surface area contributed by atoms with Gasteiger partial charge in [-0.3, -0.25) is 14.6 Å². The normalized spacial score (nSPS) is 10.5. The lowest BCUT2D eigenvalue weighted by Gasteiger charge is -2.06. The Morgan fingerprint density at radius 2 is 2.08 bits per heavy atom. The minimum absolute atomic E-state index is 0.146. The Bertz CT molecular complexity index is 820. The summed E-state index contributed by atoms with van der Waals surface area (Å²) in [4.78, 5) is 16.1. The van der Waals surface area contributed by atoms with Crippen LogP contribution in [-0.4, -0.2) is 37.4 Å². The Hall–Kier alpha value is -3.36. The number of nitrogens with two attached hydrogens (primary N) is 1. The molecule has 0 spiro atoms. The van der Waals surface area contributed by atoms with Gasteiger partial charge in [0.1, 0.15) is 5.82 Å². The van der Waals surface area contributed by atoms with Crippen LogP contribution in [0.5, 0.6) is 0 Å². The highest BCUT2D eigenvalue weighted by atomic mass is 16.1. The maximum atomic E-state index is 12.1. The molecule has 2 aromatic heterocycles. The number of aryl methyl sites for hydroxylation is 1. The quantitative estimate of drug-likeness (QED) is 0.531. The molecule has 3 rings (SSSR count). The van der Waals surface area contributed by atoms with Crippen LogP contribution in [0, 0.1) is 0 Å². The first-order valence-electron chi connectivity index (χ1n) is 7.42. The summed E-state index contributed by atoms with van der Waals surface area (Å²) in [5.74, 6) is 1.45. The number of hydrogen-bond acceptors (Lipinski definition) is 6. The number of carbonyl (C=O) groups is 1. The highest BCUT2D eigenvalue weighted by Gasteiger charge is 2.06. The van der Waals surface area contributed by atoms with Crippen LogP contribution >= 0.6 is 0 Å². The fraction of sp³-hybridized carbons (Fsp3) is 0.200. The highest BCUT2D eigenvalue weighted by Crippen LogP contribution is 2.15. The minimum atomic E-state index is -0.146. The molecule has 9 heteroatoms. The Balaban J connectivity index is 1.51. The van der Waals surface area contributed by atoms with E-state index in [4.69, 9.17) is 5.73 Å². The van der Waals surface area contributed by atoms with Gasteiger partial charge in [-0.1, -0.05) is 0 Å². The third-order valence-electron chi connectivity index (χ3n) is 3.33. The van der Waals surface area contributed by atoms with Crippen molar-refractivity contribution in [3.63, 3.8) is 0 Å². The molecule has 9 nitrogen and oxygen atoms in total. The summed E-state index contributed by atoms with van der Waals surface area (Å²) in [5, 5.41) is 16.7. The Morgan fingerprint density at radius 3 is 2.71 bits per heavy atom. The number of anilines is 3. The van der Waals surface area contributed by atoms with Gasteiger partial charge >= 0.3 is 0 Å². The second kappa shape index (κ2) is 6.82. The first-order valence-corrected chi connectivity index (χ1v) is 7.42. The summed E-state index contributed by atoms with van der Waals surface area (Å²) < 4.78 is 1.71. The minimum Gasteiger partial charge on any atom is -0.367 e. The van der Waals surface area contributed by atoms with Crippen molar-refractivity contribution < 1.29 is 4.79 Å². The third kappa shape index (κ3) is 3.88. The standard InChI is InChI=1S/C15H18N8O/c1-23-9-7-13(22-23)18-11-4-2-10(3-5-11)14(24)17-8-6-12-19-15(16)21-20-12/h2-5,7,9H,6,8H2,1H3,(H,17,24)(H,18,22)(H3,16,19,20,21). The van der Waals surface area contributed by atoms with E-state index >= 15 is 0 Å². The maximum absolute atomic E-state index is 12.1. The van der Waals surface area contributed by atoms with Crippen molar-refractivity contribution in [3.05, 3.63) is 47.9 Å². The monoisotopic (exact) mass is 326 g/mol. The van der Waals surface area contributed by atoms with E-state index in [2.05, 4.69) is 30.9 Å². The van der Waals surface area contributed by atoms with Crippen LogP contribution in [0.15, 0.2) is 36.5 Å². The molecule has 0 aliphatic rings. The number of carbonyl (C=O) groups excluding carboxylic acids is 1. The zero-order chi connectivity index (χ0) is 16.9. The number of H-pyrrole nitrogens is 1. The molecule has 0 saturated carbocycles. The van der Waals surface area contributed by atoms with Crippen molar-refractivity contribution >= 4 is 23.4 Å². The lowest BCUT2D eigenvalue weighted by Crippen LogP contribution is -2.25. The van der Waals surface area contributed by atoms with Gasteiger partial charge in [-0.25, -0.2) is 0 Å². The van der Waals surface area contributed by atoms with Gasteiger partial charge in [0.15, 0.2) is 5.82 Å². The molecule has 0 unspecified atom stereocenters. The topological polar surface area (TPSA) is 127 Å². The molecular weight excluding hydrogens is 308 g/mol. The number of nitrogen functional groups attached to an aromatic ring is 1. The van der Waals surface area contributed by atoms with Crippen molar-refractivity contribution in [2.75, 3.05) is 17.6 Å². The molecule has 0 bridgehead atoms. The molecule has 0 radical (unpaired) electrons. The van der Waals surface area contributed by atoms with Crippen LogP contribution in [0.3, 0.4) is 0 Å². The fourth-order valence-electron chi connectivity index (χ4n) is 2.15. The number of benzene rings is 1. The van der Waals surface area contributed by atoms with Crippen LogP contribution in [0.2, 0.25) is 0 Å². The van der Waals surface area contributed by atoms with E-state index in [1.807, 2.05) is 31.4 Å². The fourth-order valence-corrected chi connectivity index (χ4v) is 2.15. The summed E-state index contributed by atoms with van der Waals surface area (Å²) in [6, 6.07) is 9.05. The first-order chi connectivity index (χ1) is 11.6. The van der Waals surface area contributed by atoms with Crippen molar-refractivity contribution in [2.24, 2.45) is 7.05 Å². The highest BCUT2D eigenvalue weighted by molar-refractivity contribution is 5.94. The molecule has 1 amide bonds. The number of hydrogen-bond donors (Lipinski definition) is 4. The Morgan fingerprint density at radius 1 is 1.29 bits per heavy atom. The molecule has 24 heavy (non-hydrogen) atoms. The van der Waals surface area contributed by atoms with E-state index in [0.717, 1.165) is 11.5 Å². The Kier molecular flexibility index (Phi) is 4.41. The lowest BCUT2D eigenvalue weighted by atomic mass is 10.2. The van der Waals surface area contributed by atoms with Crippen molar-refractivity contribution in [2.45, 2.75) is 6.42 Å². The number of rotatable bonds is 6. The van der Waals surface area contributed by atoms with E-state index in [9.17, 15) is 4.79 Å². The summed E-state index contributed by atoms with van der Waals surface area (Å²) in [6.45, 7) is 0.446. The largest absolute Gasteiger partial charge is 0.367 e. The van der Waals surface area contributed by atoms with E-state index in [1.165, 1.54) is 0 Å². The van der Waals surface area contributed by atoms with Crippen LogP contribution in [0.25, 0.3) is 0 Å². The lowest BCUT2D eigenvalue weighted by molar-refractivity contribution is 0.0954. The van der Waals surface area contributed by atoms with Crippen LogP contribution in [0.1, 0.15) is 16.2 Å². The molecule has 0 aliphatic heterocycles. The van der Waals surface area contributed by atoms with E-state index in [1.54, 1.807) is 16.8 Å². The van der Waals surface area contributed by atoms with Crippen molar-refractivity contribution in [3.8, 4) is 0 Å². The number of aromatic nitrogens is 5. The molecule has 2 heterocycles. The van der Waals surface area contributed by atoms with Gasteiger partial charge in [0, 0.05) is 43.5 Å². The number of nitrogens with one attached hydrogen (secondary N) is 3. The van der Waals surface area contributed by atoms with Gasteiger partial charge in [-0.2, -0.15) is 10.1 Å². The van der Waals surface area contributed by atoms with Crippen LogP contribution < -0.4 is 16.4 Å². The second-order valence-electron chi connectivity index (χ2n) is 5.22. The van der Waals surface area contributed by atoms with Crippen LogP contribution in [0.4, 0.5) is 17.5 Å². The summed E-state index contributed by atoms with van der Waals surface area (Å²) >= 11 is 0. The zero-order valence-corrected chi connectivity index (χ0v) is 13.2.